The summed E-state index contributed by atoms with van der Waals surface area (Å²) >= 11 is 0. The highest BCUT2D eigenvalue weighted by Gasteiger charge is 2.18. The number of nitrogens with one attached hydrogen (secondary N) is 2. The zero-order valence-electron chi connectivity index (χ0n) is 10.8. The second kappa shape index (κ2) is 6.21. The average molecular weight is 276 g/mol. The molecule has 2 aromatic rings. The van der Waals surface area contributed by atoms with Crippen molar-refractivity contribution in [3.05, 3.63) is 36.0 Å². The van der Waals surface area contributed by atoms with Gasteiger partial charge in [0.05, 0.1) is 0 Å². The predicted octanol–water partition coefficient (Wildman–Crippen LogP) is 1.58. The third-order valence-electron chi connectivity index (χ3n) is 3.16. The van der Waals surface area contributed by atoms with Gasteiger partial charge in [0, 0.05) is 30.1 Å². The zero-order chi connectivity index (χ0) is 14.5. The van der Waals surface area contributed by atoms with Crippen LogP contribution in [0.1, 0.15) is 18.4 Å². The Morgan fingerprint density at radius 1 is 1.25 bits per heavy atom. The Bertz CT molecular complexity index is 620. The molecule has 1 atom stereocenters. The van der Waals surface area contributed by atoms with Gasteiger partial charge in [0.15, 0.2) is 0 Å². The Balaban J connectivity index is 2.01. The minimum absolute atomic E-state index is 0.0625. The molecule has 0 amide bonds. The van der Waals surface area contributed by atoms with E-state index >= 15 is 0 Å². The largest absolute Gasteiger partial charge is 0.481 e. The summed E-state index contributed by atoms with van der Waals surface area (Å²) in [5.74, 6) is -2.03. The van der Waals surface area contributed by atoms with Gasteiger partial charge in [-0.15, -0.1) is 0 Å². The maximum Gasteiger partial charge on any atom is 0.320 e. The monoisotopic (exact) mass is 276 g/mol. The molecule has 1 heterocycles. The second-order valence-corrected chi connectivity index (χ2v) is 4.56. The molecule has 0 saturated heterocycles. The Labute approximate surface area is 115 Å². The normalized spacial score (nSPS) is 12.4. The zero-order valence-corrected chi connectivity index (χ0v) is 10.8. The molecule has 106 valence electrons. The summed E-state index contributed by atoms with van der Waals surface area (Å²) in [4.78, 5) is 24.7. The van der Waals surface area contributed by atoms with Crippen molar-refractivity contribution in [3.8, 4) is 0 Å². The molecule has 0 spiro atoms. The molecule has 0 aliphatic rings. The van der Waals surface area contributed by atoms with Gasteiger partial charge in [0.25, 0.3) is 0 Å². The summed E-state index contributed by atoms with van der Waals surface area (Å²) in [5.41, 5.74) is 1.95. The Hall–Kier alpha value is -2.34. The molecule has 1 aromatic heterocycles. The van der Waals surface area contributed by atoms with Crippen LogP contribution in [0.15, 0.2) is 30.5 Å². The number of aliphatic carboxylic acids is 2. The van der Waals surface area contributed by atoms with E-state index in [2.05, 4.69) is 10.3 Å². The molecule has 0 saturated carbocycles. The lowest BCUT2D eigenvalue weighted by Crippen LogP contribution is -2.36. The molecule has 0 aliphatic heterocycles. The van der Waals surface area contributed by atoms with Gasteiger partial charge in [0.1, 0.15) is 6.04 Å². The number of carboxylic acid groups (broad SMARTS) is 2. The number of H-pyrrole nitrogens is 1. The van der Waals surface area contributed by atoms with Crippen molar-refractivity contribution in [1.29, 1.82) is 0 Å². The summed E-state index contributed by atoms with van der Waals surface area (Å²) < 4.78 is 0. The number of benzene rings is 1. The summed E-state index contributed by atoms with van der Waals surface area (Å²) in [5, 5.41) is 21.6. The first-order valence-electron chi connectivity index (χ1n) is 6.31. The molecular formula is C14H16N2O4. The van der Waals surface area contributed by atoms with Crippen molar-refractivity contribution in [2.24, 2.45) is 0 Å². The van der Waals surface area contributed by atoms with E-state index in [0.29, 0.717) is 6.54 Å². The highest BCUT2D eigenvalue weighted by atomic mass is 16.4. The Morgan fingerprint density at radius 3 is 2.70 bits per heavy atom. The van der Waals surface area contributed by atoms with Crippen molar-refractivity contribution in [1.82, 2.24) is 10.3 Å². The lowest BCUT2D eigenvalue weighted by atomic mass is 10.1. The first-order chi connectivity index (χ1) is 9.58. The van der Waals surface area contributed by atoms with Crippen molar-refractivity contribution in [2.45, 2.75) is 25.4 Å². The van der Waals surface area contributed by atoms with Crippen molar-refractivity contribution in [3.63, 3.8) is 0 Å². The van der Waals surface area contributed by atoms with Crippen LogP contribution in [0.25, 0.3) is 10.9 Å². The van der Waals surface area contributed by atoms with E-state index in [1.165, 1.54) is 0 Å². The fourth-order valence-corrected chi connectivity index (χ4v) is 2.09. The van der Waals surface area contributed by atoms with E-state index < -0.39 is 18.0 Å². The van der Waals surface area contributed by atoms with Crippen molar-refractivity contribution < 1.29 is 19.8 Å². The van der Waals surface area contributed by atoms with Gasteiger partial charge in [0.2, 0.25) is 0 Å². The molecule has 0 fully saturated rings. The molecule has 6 heteroatoms. The highest BCUT2D eigenvalue weighted by Crippen LogP contribution is 2.17. The lowest BCUT2D eigenvalue weighted by Gasteiger charge is -2.12. The number of rotatable bonds is 7. The van der Waals surface area contributed by atoms with Crippen LogP contribution in [0.2, 0.25) is 0 Å². The standard InChI is InChI=1S/C14H16N2O4/c17-13(18)6-5-12(14(19)20)16-8-9-7-15-11-4-2-1-3-10(9)11/h1-4,7,12,15-16H,5-6,8H2,(H,17,18)(H,19,20). The maximum absolute atomic E-state index is 11.1. The van der Waals surface area contributed by atoms with E-state index in [1.807, 2.05) is 30.5 Å². The van der Waals surface area contributed by atoms with Crippen molar-refractivity contribution >= 4 is 22.8 Å². The van der Waals surface area contributed by atoms with E-state index in [0.717, 1.165) is 16.5 Å². The quantitative estimate of drug-likeness (QED) is 0.615. The number of para-hydroxylation sites is 1. The predicted molar refractivity (Wildman–Crippen MR) is 73.4 cm³/mol. The van der Waals surface area contributed by atoms with Crippen LogP contribution >= 0.6 is 0 Å². The van der Waals surface area contributed by atoms with Gasteiger partial charge < -0.3 is 20.5 Å². The number of hydrogen-bond acceptors (Lipinski definition) is 3. The summed E-state index contributed by atoms with van der Waals surface area (Å²) in [6, 6.07) is 6.87. The minimum Gasteiger partial charge on any atom is -0.481 e. The SMILES string of the molecule is O=C(O)CCC(NCc1c[nH]c2ccccc12)C(=O)O. The minimum atomic E-state index is -1.04. The van der Waals surface area contributed by atoms with Crippen LogP contribution < -0.4 is 5.32 Å². The van der Waals surface area contributed by atoms with Gasteiger partial charge in [-0.05, 0) is 18.1 Å². The number of aromatic nitrogens is 1. The van der Waals surface area contributed by atoms with Crippen molar-refractivity contribution in [2.75, 3.05) is 0 Å². The Kier molecular flexibility index (Phi) is 4.37. The van der Waals surface area contributed by atoms with E-state index in [4.69, 9.17) is 10.2 Å². The molecule has 1 unspecified atom stereocenters. The fraction of sp³-hybridized carbons (Fsp3) is 0.286. The number of aromatic amines is 1. The first-order valence-corrected chi connectivity index (χ1v) is 6.31. The van der Waals surface area contributed by atoms with Gasteiger partial charge in [-0.2, -0.15) is 0 Å². The highest BCUT2D eigenvalue weighted by molar-refractivity contribution is 5.83. The number of carbonyl (C=O) groups is 2. The van der Waals surface area contributed by atoms with E-state index in [9.17, 15) is 9.59 Å². The summed E-state index contributed by atoms with van der Waals surface area (Å²) in [6.45, 7) is 0.376. The average Bonchev–Trinajstić information content (AvgIpc) is 2.81. The third-order valence-corrected chi connectivity index (χ3v) is 3.16. The van der Waals surface area contributed by atoms with Crippen LogP contribution in [0.3, 0.4) is 0 Å². The van der Waals surface area contributed by atoms with Crippen LogP contribution in [-0.2, 0) is 16.1 Å². The van der Waals surface area contributed by atoms with E-state index in [1.54, 1.807) is 0 Å². The molecule has 0 bridgehead atoms. The van der Waals surface area contributed by atoms with Gasteiger partial charge in [-0.3, -0.25) is 9.59 Å². The lowest BCUT2D eigenvalue weighted by molar-refractivity contribution is -0.140. The third kappa shape index (κ3) is 3.36. The number of hydrogen-bond donors (Lipinski definition) is 4. The topological polar surface area (TPSA) is 102 Å². The fourth-order valence-electron chi connectivity index (χ4n) is 2.09. The molecule has 4 N–H and O–H groups in total. The Morgan fingerprint density at radius 2 is 2.00 bits per heavy atom. The number of carboxylic acids is 2. The van der Waals surface area contributed by atoms with Crippen LogP contribution in [0.5, 0.6) is 0 Å². The maximum atomic E-state index is 11.1. The summed E-state index contributed by atoms with van der Waals surface area (Å²) in [6.07, 6.45) is 1.72. The molecule has 2 rings (SSSR count). The van der Waals surface area contributed by atoms with E-state index in [-0.39, 0.29) is 12.8 Å². The smallest absolute Gasteiger partial charge is 0.320 e. The van der Waals surface area contributed by atoms with Crippen LogP contribution in [-0.4, -0.2) is 33.2 Å². The first kappa shape index (κ1) is 14.1. The van der Waals surface area contributed by atoms with Gasteiger partial charge in [-0.1, -0.05) is 18.2 Å². The van der Waals surface area contributed by atoms with Crippen LogP contribution in [0.4, 0.5) is 0 Å². The van der Waals surface area contributed by atoms with Gasteiger partial charge in [-0.25, -0.2) is 0 Å². The molecule has 0 radical (unpaired) electrons. The molecule has 0 aliphatic carbocycles. The summed E-state index contributed by atoms with van der Waals surface area (Å²) in [7, 11) is 0. The molecular weight excluding hydrogens is 260 g/mol. The number of fused-ring (bicyclic) bond motifs is 1. The van der Waals surface area contributed by atoms with Gasteiger partial charge >= 0.3 is 11.9 Å². The molecule has 20 heavy (non-hydrogen) atoms. The second-order valence-electron chi connectivity index (χ2n) is 4.56. The van der Waals surface area contributed by atoms with Crippen LogP contribution in [0, 0.1) is 0 Å². The molecule has 6 nitrogen and oxygen atoms in total. The molecule has 1 aromatic carbocycles.